The molecular formula is C14H19ClN2O3S. The van der Waals surface area contributed by atoms with Crippen molar-refractivity contribution in [1.29, 1.82) is 0 Å². The van der Waals surface area contributed by atoms with Crippen molar-refractivity contribution < 1.29 is 14.7 Å². The molecule has 1 aromatic rings. The van der Waals surface area contributed by atoms with Gasteiger partial charge < -0.3 is 10.0 Å². The Bertz CT molecular complexity index is 516. The van der Waals surface area contributed by atoms with Crippen LogP contribution in [0, 0.1) is 0 Å². The predicted molar refractivity (Wildman–Crippen MR) is 82.7 cm³/mol. The Balaban J connectivity index is 1.84. The van der Waals surface area contributed by atoms with Crippen LogP contribution in [0.5, 0.6) is 0 Å². The van der Waals surface area contributed by atoms with E-state index in [2.05, 4.69) is 0 Å². The van der Waals surface area contributed by atoms with E-state index in [0.29, 0.717) is 23.5 Å². The molecule has 1 saturated carbocycles. The molecule has 1 heterocycles. The number of amides is 1. The van der Waals surface area contributed by atoms with Crippen molar-refractivity contribution in [3.63, 3.8) is 0 Å². The molecule has 0 aromatic carbocycles. The summed E-state index contributed by atoms with van der Waals surface area (Å²) in [5.41, 5.74) is 0. The van der Waals surface area contributed by atoms with Crippen molar-refractivity contribution in [2.24, 2.45) is 0 Å². The highest BCUT2D eigenvalue weighted by molar-refractivity contribution is 7.16. The summed E-state index contributed by atoms with van der Waals surface area (Å²) in [4.78, 5) is 27.6. The SMILES string of the molecule is CN(Cc1ccc(Cl)s1)C(=O)CN(CCC(=O)O)C1CC1. The summed E-state index contributed by atoms with van der Waals surface area (Å²) in [5.74, 6) is -0.813. The Hall–Kier alpha value is -1.11. The van der Waals surface area contributed by atoms with Crippen LogP contribution in [0.2, 0.25) is 4.34 Å². The first-order chi connectivity index (χ1) is 9.95. The van der Waals surface area contributed by atoms with Crippen LogP contribution >= 0.6 is 22.9 Å². The molecule has 5 nitrogen and oxygen atoms in total. The fourth-order valence-electron chi connectivity index (χ4n) is 2.12. The van der Waals surface area contributed by atoms with Gasteiger partial charge in [-0.3, -0.25) is 14.5 Å². The van der Waals surface area contributed by atoms with Crippen molar-refractivity contribution in [2.75, 3.05) is 20.1 Å². The number of hydrogen-bond acceptors (Lipinski definition) is 4. The van der Waals surface area contributed by atoms with Crippen LogP contribution in [-0.4, -0.2) is 53.0 Å². The van der Waals surface area contributed by atoms with Gasteiger partial charge in [-0.25, -0.2) is 0 Å². The maximum atomic E-state index is 12.2. The molecule has 21 heavy (non-hydrogen) atoms. The fourth-order valence-corrected chi connectivity index (χ4v) is 3.26. The molecule has 0 spiro atoms. The van der Waals surface area contributed by atoms with E-state index in [9.17, 15) is 9.59 Å². The van der Waals surface area contributed by atoms with E-state index in [1.807, 2.05) is 17.0 Å². The number of halogens is 1. The average molecular weight is 331 g/mol. The number of aliphatic carboxylic acids is 1. The van der Waals surface area contributed by atoms with Gasteiger partial charge in [0.05, 0.1) is 23.8 Å². The number of thiophene rings is 1. The third-order valence-corrected chi connectivity index (χ3v) is 4.68. The standard InChI is InChI=1S/C14H19ClN2O3S/c1-16(8-11-4-5-12(15)21-11)13(18)9-17(10-2-3-10)7-6-14(19)20/h4-5,10H,2-3,6-9H2,1H3,(H,19,20). The van der Waals surface area contributed by atoms with Crippen LogP contribution in [0.15, 0.2) is 12.1 Å². The van der Waals surface area contributed by atoms with E-state index >= 15 is 0 Å². The average Bonchev–Trinajstić information content (AvgIpc) is 3.18. The van der Waals surface area contributed by atoms with Gasteiger partial charge in [-0.15, -0.1) is 11.3 Å². The molecule has 116 valence electrons. The fraction of sp³-hybridized carbons (Fsp3) is 0.571. The summed E-state index contributed by atoms with van der Waals surface area (Å²) < 4.78 is 0.715. The number of carbonyl (C=O) groups is 2. The normalized spacial score (nSPS) is 14.4. The molecule has 0 atom stereocenters. The zero-order chi connectivity index (χ0) is 15.4. The van der Waals surface area contributed by atoms with E-state index in [1.54, 1.807) is 11.9 Å². The van der Waals surface area contributed by atoms with Gasteiger partial charge >= 0.3 is 5.97 Å². The molecule has 1 aliphatic carbocycles. The number of carboxylic acids is 1. The smallest absolute Gasteiger partial charge is 0.304 e. The second kappa shape index (κ2) is 7.24. The van der Waals surface area contributed by atoms with Crippen molar-refractivity contribution >= 4 is 34.8 Å². The summed E-state index contributed by atoms with van der Waals surface area (Å²) in [5, 5.41) is 8.77. The second-order valence-electron chi connectivity index (χ2n) is 5.30. The largest absolute Gasteiger partial charge is 0.481 e. The minimum atomic E-state index is -0.824. The summed E-state index contributed by atoms with van der Waals surface area (Å²) in [6.45, 7) is 1.26. The molecule has 1 N–H and O–H groups in total. The lowest BCUT2D eigenvalue weighted by molar-refractivity contribution is -0.138. The van der Waals surface area contributed by atoms with Crippen molar-refractivity contribution in [3.05, 3.63) is 21.3 Å². The monoisotopic (exact) mass is 330 g/mol. The first-order valence-corrected chi connectivity index (χ1v) is 8.09. The summed E-state index contributed by atoms with van der Waals surface area (Å²) in [7, 11) is 1.76. The molecule has 1 fully saturated rings. The maximum Gasteiger partial charge on any atom is 0.304 e. The lowest BCUT2D eigenvalue weighted by atomic mass is 10.3. The molecule has 1 aromatic heterocycles. The predicted octanol–water partition coefficient (Wildman–Crippen LogP) is 2.30. The minimum absolute atomic E-state index is 0.0109. The van der Waals surface area contributed by atoms with Crippen LogP contribution in [0.25, 0.3) is 0 Å². The van der Waals surface area contributed by atoms with E-state index in [-0.39, 0.29) is 18.9 Å². The highest BCUT2D eigenvalue weighted by Crippen LogP contribution is 2.27. The van der Waals surface area contributed by atoms with Gasteiger partial charge in [0.25, 0.3) is 0 Å². The molecule has 1 aliphatic rings. The molecule has 7 heteroatoms. The van der Waals surface area contributed by atoms with Crippen molar-refractivity contribution in [1.82, 2.24) is 9.80 Å². The van der Waals surface area contributed by atoms with Crippen molar-refractivity contribution in [3.8, 4) is 0 Å². The lowest BCUT2D eigenvalue weighted by Gasteiger charge is -2.24. The molecule has 0 aliphatic heterocycles. The van der Waals surface area contributed by atoms with Gasteiger partial charge in [0.15, 0.2) is 0 Å². The Morgan fingerprint density at radius 2 is 2.14 bits per heavy atom. The molecule has 0 unspecified atom stereocenters. The third kappa shape index (κ3) is 5.30. The second-order valence-corrected chi connectivity index (χ2v) is 7.10. The number of rotatable bonds is 8. The molecule has 0 bridgehead atoms. The van der Waals surface area contributed by atoms with E-state index in [1.165, 1.54) is 11.3 Å². The maximum absolute atomic E-state index is 12.2. The molecule has 0 radical (unpaired) electrons. The van der Waals surface area contributed by atoms with E-state index < -0.39 is 5.97 Å². The van der Waals surface area contributed by atoms with Crippen LogP contribution < -0.4 is 0 Å². The van der Waals surface area contributed by atoms with E-state index in [4.69, 9.17) is 16.7 Å². The minimum Gasteiger partial charge on any atom is -0.481 e. The van der Waals surface area contributed by atoms with Gasteiger partial charge in [-0.1, -0.05) is 11.6 Å². The summed E-state index contributed by atoms with van der Waals surface area (Å²) in [6, 6.07) is 4.11. The molecular weight excluding hydrogens is 312 g/mol. The topological polar surface area (TPSA) is 60.9 Å². The molecule has 1 amide bonds. The van der Waals surface area contributed by atoms with Crippen LogP contribution in [0.1, 0.15) is 24.1 Å². The number of carboxylic acid groups (broad SMARTS) is 1. The Labute approximate surface area is 133 Å². The van der Waals surface area contributed by atoms with Gasteiger partial charge in [0.1, 0.15) is 0 Å². The Morgan fingerprint density at radius 3 is 2.67 bits per heavy atom. The zero-order valence-electron chi connectivity index (χ0n) is 11.9. The number of nitrogens with zero attached hydrogens (tertiary/aromatic N) is 2. The molecule has 2 rings (SSSR count). The highest BCUT2D eigenvalue weighted by atomic mass is 35.5. The quantitative estimate of drug-likeness (QED) is 0.794. The Kier molecular flexibility index (Phi) is 5.61. The number of hydrogen-bond donors (Lipinski definition) is 1. The summed E-state index contributed by atoms with van der Waals surface area (Å²) in [6.07, 6.45) is 2.18. The number of carbonyl (C=O) groups excluding carboxylic acids is 1. The third-order valence-electron chi connectivity index (χ3n) is 3.46. The van der Waals surface area contributed by atoms with E-state index in [0.717, 1.165) is 17.7 Å². The summed E-state index contributed by atoms with van der Waals surface area (Å²) >= 11 is 7.35. The first-order valence-electron chi connectivity index (χ1n) is 6.89. The molecule has 0 saturated heterocycles. The number of likely N-dealkylation sites (N-methyl/N-ethyl adjacent to an activating group) is 1. The van der Waals surface area contributed by atoms with Gasteiger partial charge in [-0.2, -0.15) is 0 Å². The van der Waals surface area contributed by atoms with Gasteiger partial charge in [0, 0.05) is 24.5 Å². The van der Waals surface area contributed by atoms with Crippen LogP contribution in [0.3, 0.4) is 0 Å². The zero-order valence-corrected chi connectivity index (χ0v) is 13.5. The van der Waals surface area contributed by atoms with Gasteiger partial charge in [-0.05, 0) is 25.0 Å². The van der Waals surface area contributed by atoms with Crippen molar-refractivity contribution in [2.45, 2.75) is 31.8 Å². The van der Waals surface area contributed by atoms with Crippen LogP contribution in [-0.2, 0) is 16.1 Å². The first kappa shape index (κ1) is 16.3. The highest BCUT2D eigenvalue weighted by Gasteiger charge is 2.31. The lowest BCUT2D eigenvalue weighted by Crippen LogP contribution is -2.40. The van der Waals surface area contributed by atoms with Crippen LogP contribution in [0.4, 0.5) is 0 Å². The Morgan fingerprint density at radius 1 is 1.43 bits per heavy atom. The van der Waals surface area contributed by atoms with Gasteiger partial charge in [0.2, 0.25) is 5.91 Å².